The van der Waals surface area contributed by atoms with Crippen LogP contribution in [0.2, 0.25) is 0 Å². The molecule has 314 valence electrons. The van der Waals surface area contributed by atoms with Crippen LogP contribution >= 0.6 is 0 Å². The molecule has 4 aromatic heterocycles. The third-order valence-electron chi connectivity index (χ3n) is 13.3. The first kappa shape index (κ1) is 38.9. The molecule has 0 saturated heterocycles. The van der Waals surface area contributed by atoms with Crippen molar-refractivity contribution in [2.45, 2.75) is 120 Å². The topological polar surface area (TPSA) is 194 Å². The highest BCUT2D eigenvalue weighted by Crippen LogP contribution is 2.43. The lowest BCUT2D eigenvalue weighted by atomic mass is 9.88. The molecule has 2 fully saturated rings. The minimum absolute atomic E-state index is 0.137. The highest BCUT2D eigenvalue weighted by molar-refractivity contribution is 5.79. The largest absolute Gasteiger partial charge is 0.488 e. The van der Waals surface area contributed by atoms with E-state index in [-0.39, 0.29) is 24.0 Å². The van der Waals surface area contributed by atoms with E-state index in [2.05, 4.69) is 30.6 Å². The van der Waals surface area contributed by atoms with Gasteiger partial charge in [0.25, 0.3) is 0 Å². The highest BCUT2D eigenvalue weighted by atomic mass is 19.1. The molecule has 11 unspecified atom stereocenters. The van der Waals surface area contributed by atoms with Gasteiger partial charge in [-0.3, -0.25) is 0 Å². The molecule has 2 saturated carbocycles. The fourth-order valence-electron chi connectivity index (χ4n) is 9.89. The number of hydrogen-bond acceptors (Lipinski definition) is 13. The normalized spacial score (nSPS) is 30.2. The van der Waals surface area contributed by atoms with Gasteiger partial charge < -0.3 is 54.4 Å². The molecule has 4 aliphatic rings. The zero-order chi connectivity index (χ0) is 41.4. The second kappa shape index (κ2) is 15.3. The van der Waals surface area contributed by atoms with Gasteiger partial charge in [0, 0.05) is 72.2 Å². The summed E-state index contributed by atoms with van der Waals surface area (Å²) in [4.78, 5) is 17.5. The standard InChI is InChI=1S/C44H49FN8O7/c1-21-24-10-13-52(43(24)50-19-48-21)30-16-36(41(56)39(30)54)59-33-6-4-5-32-27(33)18-47-23(3)35(58-32)15-29-38-26(9-12-46-29)28(45)7-8-34(38)60-37-17-31(40(55)42(37)57)53-14-11-25-22(2)49-20-51-44(25)53/h4-8,10-11,13-14,19-20,23,29-31,35-37,39-42,46-47,54-57H,9,12,15-18H2,1-3H3. The average molecular weight is 821 g/mol. The van der Waals surface area contributed by atoms with Gasteiger partial charge in [-0.15, -0.1) is 0 Å². The Hall–Kier alpha value is -5.23. The van der Waals surface area contributed by atoms with Gasteiger partial charge in [-0.1, -0.05) is 6.07 Å². The Bertz CT molecular complexity index is 2570. The molecular weight excluding hydrogens is 772 g/mol. The van der Waals surface area contributed by atoms with Crippen LogP contribution in [0, 0.1) is 19.7 Å². The Morgan fingerprint density at radius 1 is 0.750 bits per heavy atom. The lowest BCUT2D eigenvalue weighted by Crippen LogP contribution is -2.43. The minimum Gasteiger partial charge on any atom is -0.488 e. The number of nitrogens with one attached hydrogen (secondary N) is 2. The van der Waals surface area contributed by atoms with E-state index in [1.165, 1.54) is 18.7 Å². The second-order valence-electron chi connectivity index (χ2n) is 16.7. The summed E-state index contributed by atoms with van der Waals surface area (Å²) in [5.74, 6) is 1.30. The van der Waals surface area contributed by atoms with Crippen molar-refractivity contribution in [3.8, 4) is 17.2 Å². The molecular formula is C44H49FN8O7. The first-order valence-corrected chi connectivity index (χ1v) is 20.7. The van der Waals surface area contributed by atoms with E-state index >= 15 is 4.39 Å². The van der Waals surface area contributed by atoms with E-state index in [1.54, 1.807) is 6.07 Å². The zero-order valence-corrected chi connectivity index (χ0v) is 33.5. The highest BCUT2D eigenvalue weighted by Gasteiger charge is 2.46. The Morgan fingerprint density at radius 2 is 1.37 bits per heavy atom. The van der Waals surface area contributed by atoms with Gasteiger partial charge in [-0.2, -0.15) is 0 Å². The summed E-state index contributed by atoms with van der Waals surface area (Å²) in [6.45, 7) is 6.84. The lowest BCUT2D eigenvalue weighted by molar-refractivity contribution is -0.0168. The molecule has 11 atom stereocenters. The molecule has 6 aromatic rings. The van der Waals surface area contributed by atoms with Gasteiger partial charge in [-0.25, -0.2) is 24.3 Å². The molecule has 2 aliphatic heterocycles. The van der Waals surface area contributed by atoms with Crippen molar-refractivity contribution in [3.05, 3.63) is 101 Å². The van der Waals surface area contributed by atoms with Crippen LogP contribution in [0.25, 0.3) is 22.1 Å². The van der Waals surface area contributed by atoms with Crippen molar-refractivity contribution in [2.75, 3.05) is 6.54 Å². The number of aliphatic hydroxyl groups excluding tert-OH is 4. The number of fused-ring (bicyclic) bond motifs is 4. The van der Waals surface area contributed by atoms with Crippen molar-refractivity contribution in [2.24, 2.45) is 0 Å². The number of nitrogens with zero attached hydrogens (tertiary/aromatic N) is 6. The van der Waals surface area contributed by atoms with Crippen LogP contribution in [0.1, 0.15) is 72.4 Å². The van der Waals surface area contributed by atoms with Gasteiger partial charge in [0.1, 0.15) is 89.7 Å². The number of aliphatic hydroxyl groups is 4. The Labute approximate surface area is 345 Å². The summed E-state index contributed by atoms with van der Waals surface area (Å²) in [5.41, 5.74) is 5.05. The van der Waals surface area contributed by atoms with Crippen molar-refractivity contribution in [1.82, 2.24) is 39.7 Å². The SMILES string of the molecule is Cc1ncnc2c1ccn2C1CC(Oc2cccc3c2CNC(C)C(CC2NCCc4c(F)ccc(OC5CC(n6ccc7c(C)ncnc76)C(O)C5O)c42)O3)C(O)C1O. The van der Waals surface area contributed by atoms with Crippen molar-refractivity contribution < 1.29 is 39.0 Å². The smallest absolute Gasteiger partial charge is 0.143 e. The van der Waals surface area contributed by atoms with Crippen molar-refractivity contribution in [1.29, 1.82) is 0 Å². The summed E-state index contributed by atoms with van der Waals surface area (Å²) in [6, 6.07) is 11.0. The third-order valence-corrected chi connectivity index (χ3v) is 13.3. The average Bonchev–Trinajstić information content (AvgIpc) is 3.98. The maximum Gasteiger partial charge on any atom is 0.143 e. The maximum atomic E-state index is 15.6. The number of halogens is 1. The number of aromatic nitrogens is 6. The van der Waals surface area contributed by atoms with Gasteiger partial charge >= 0.3 is 0 Å². The first-order valence-electron chi connectivity index (χ1n) is 20.7. The van der Waals surface area contributed by atoms with Crippen LogP contribution in [0.5, 0.6) is 17.2 Å². The predicted octanol–water partition coefficient (Wildman–Crippen LogP) is 3.68. The van der Waals surface area contributed by atoms with Crippen molar-refractivity contribution in [3.63, 3.8) is 0 Å². The Kier molecular flexibility index (Phi) is 9.96. The lowest BCUT2D eigenvalue weighted by Gasteiger charge is -2.34. The summed E-state index contributed by atoms with van der Waals surface area (Å²) in [5, 5.41) is 54.0. The van der Waals surface area contributed by atoms with Crippen LogP contribution in [0.3, 0.4) is 0 Å². The third kappa shape index (κ3) is 6.57. The quantitative estimate of drug-likeness (QED) is 0.130. The van der Waals surface area contributed by atoms with E-state index < -0.39 is 48.7 Å². The fraction of sp³-hybridized carbons (Fsp3) is 0.455. The molecule has 6 N–H and O–H groups in total. The van der Waals surface area contributed by atoms with Gasteiger partial charge in [0.15, 0.2) is 0 Å². The zero-order valence-electron chi connectivity index (χ0n) is 33.5. The van der Waals surface area contributed by atoms with Gasteiger partial charge in [0.05, 0.1) is 23.5 Å². The molecule has 60 heavy (non-hydrogen) atoms. The van der Waals surface area contributed by atoms with E-state index in [4.69, 9.17) is 14.2 Å². The number of hydrogen-bond donors (Lipinski definition) is 6. The van der Waals surface area contributed by atoms with E-state index in [9.17, 15) is 20.4 Å². The summed E-state index contributed by atoms with van der Waals surface area (Å²) in [7, 11) is 0. The molecule has 0 amide bonds. The van der Waals surface area contributed by atoms with E-state index in [0.29, 0.717) is 78.4 Å². The van der Waals surface area contributed by atoms with Crippen LogP contribution in [-0.4, -0.2) is 105 Å². The number of aryl methyl sites for hydroxylation is 2. The molecule has 10 rings (SSSR count). The minimum atomic E-state index is -1.19. The van der Waals surface area contributed by atoms with Gasteiger partial charge in [-0.05, 0) is 75.7 Å². The van der Waals surface area contributed by atoms with E-state index in [1.807, 2.05) is 72.6 Å². The molecule has 6 heterocycles. The predicted molar refractivity (Wildman–Crippen MR) is 217 cm³/mol. The number of rotatable bonds is 8. The summed E-state index contributed by atoms with van der Waals surface area (Å²) in [6.07, 6.45) is 1.94. The van der Waals surface area contributed by atoms with Crippen LogP contribution < -0.4 is 24.8 Å². The Morgan fingerprint density at radius 3 is 2.00 bits per heavy atom. The molecule has 2 aliphatic carbocycles. The molecule has 0 radical (unpaired) electrons. The Balaban J connectivity index is 0.874. The monoisotopic (exact) mass is 820 g/mol. The van der Waals surface area contributed by atoms with Crippen molar-refractivity contribution >= 4 is 22.1 Å². The van der Waals surface area contributed by atoms with E-state index in [0.717, 1.165) is 27.7 Å². The second-order valence-corrected chi connectivity index (χ2v) is 16.7. The molecule has 0 bridgehead atoms. The fourth-order valence-corrected chi connectivity index (χ4v) is 9.89. The summed E-state index contributed by atoms with van der Waals surface area (Å²) >= 11 is 0. The van der Waals surface area contributed by atoms with Crippen LogP contribution in [0.15, 0.2) is 67.5 Å². The number of ether oxygens (including phenoxy) is 3. The molecule has 0 spiro atoms. The first-order chi connectivity index (χ1) is 29.0. The maximum absolute atomic E-state index is 15.6. The van der Waals surface area contributed by atoms with Crippen LogP contribution in [0.4, 0.5) is 4.39 Å². The van der Waals surface area contributed by atoms with Gasteiger partial charge in [0.2, 0.25) is 0 Å². The molecule has 2 aromatic carbocycles. The molecule has 15 nitrogen and oxygen atoms in total. The summed E-state index contributed by atoms with van der Waals surface area (Å²) < 4.78 is 39.2. The van der Waals surface area contributed by atoms with Crippen LogP contribution in [-0.2, 0) is 13.0 Å². The number of benzene rings is 2. The molecule has 16 heteroatoms.